The highest BCUT2D eigenvalue weighted by Crippen LogP contribution is 2.33. The largest absolute Gasteiger partial charge is 0.368 e. The van der Waals surface area contributed by atoms with Gasteiger partial charge in [-0.3, -0.25) is 0 Å². The maximum atomic E-state index is 3.43. The van der Waals surface area contributed by atoms with E-state index in [4.69, 9.17) is 0 Å². The number of nitrogens with zero attached hydrogens (tertiary/aromatic N) is 1. The van der Waals surface area contributed by atoms with E-state index >= 15 is 0 Å². The highest BCUT2D eigenvalue weighted by atomic mass is 32.2. The summed E-state index contributed by atoms with van der Waals surface area (Å²) < 4.78 is 0. The zero-order valence-electron chi connectivity index (χ0n) is 13.4. The molecule has 1 aliphatic rings. The molecule has 0 bridgehead atoms. The fourth-order valence-electron chi connectivity index (χ4n) is 2.91. The van der Waals surface area contributed by atoms with Crippen molar-refractivity contribution >= 4 is 17.4 Å². The molecule has 22 heavy (non-hydrogen) atoms. The van der Waals surface area contributed by atoms with Crippen molar-refractivity contribution in [1.82, 2.24) is 5.32 Å². The van der Waals surface area contributed by atoms with Gasteiger partial charge in [0.25, 0.3) is 0 Å². The van der Waals surface area contributed by atoms with Gasteiger partial charge in [0.1, 0.15) is 0 Å². The number of thioether (sulfide) groups is 1. The third-order valence-corrected chi connectivity index (χ3v) is 5.32. The molecule has 2 aromatic carbocycles. The first-order valence-electron chi connectivity index (χ1n) is 7.97. The summed E-state index contributed by atoms with van der Waals surface area (Å²) in [7, 11) is 0. The van der Waals surface area contributed by atoms with E-state index < -0.39 is 0 Å². The Balaban J connectivity index is 1.74. The van der Waals surface area contributed by atoms with Crippen LogP contribution in [0.15, 0.2) is 47.4 Å². The topological polar surface area (TPSA) is 15.3 Å². The molecule has 0 radical (unpaired) electrons. The Labute approximate surface area is 137 Å². The zero-order chi connectivity index (χ0) is 15.4. The van der Waals surface area contributed by atoms with E-state index in [1.165, 1.54) is 27.3 Å². The Bertz CT molecular complexity index is 633. The van der Waals surface area contributed by atoms with Gasteiger partial charge in [0.15, 0.2) is 0 Å². The van der Waals surface area contributed by atoms with Crippen LogP contribution in [0.25, 0.3) is 0 Å². The van der Waals surface area contributed by atoms with Crippen molar-refractivity contribution in [2.24, 2.45) is 0 Å². The monoisotopic (exact) mass is 312 g/mol. The van der Waals surface area contributed by atoms with Gasteiger partial charge in [0, 0.05) is 36.8 Å². The van der Waals surface area contributed by atoms with Gasteiger partial charge in [0.05, 0.1) is 5.69 Å². The van der Waals surface area contributed by atoms with Gasteiger partial charge in [-0.05, 0) is 37.1 Å². The Morgan fingerprint density at radius 2 is 1.82 bits per heavy atom. The molecule has 0 unspecified atom stereocenters. The molecule has 1 fully saturated rings. The van der Waals surface area contributed by atoms with Gasteiger partial charge in [0.2, 0.25) is 0 Å². The molecule has 2 aromatic rings. The lowest BCUT2D eigenvalue weighted by molar-refractivity contribution is 0.587. The van der Waals surface area contributed by atoms with Crippen molar-refractivity contribution in [3.63, 3.8) is 0 Å². The van der Waals surface area contributed by atoms with E-state index in [1.807, 2.05) is 11.8 Å². The number of hydrogen-bond donors (Lipinski definition) is 1. The number of aryl methyl sites for hydroxylation is 2. The molecule has 1 N–H and O–H groups in total. The summed E-state index contributed by atoms with van der Waals surface area (Å²) in [6, 6.07) is 15.6. The molecule has 0 aliphatic carbocycles. The lowest BCUT2D eigenvalue weighted by atomic mass is 10.1. The van der Waals surface area contributed by atoms with Crippen molar-refractivity contribution in [3.8, 4) is 0 Å². The van der Waals surface area contributed by atoms with Crippen molar-refractivity contribution in [2.75, 3.05) is 31.1 Å². The smallest absolute Gasteiger partial charge is 0.0505 e. The van der Waals surface area contributed by atoms with Crippen LogP contribution in [0.5, 0.6) is 0 Å². The van der Waals surface area contributed by atoms with E-state index in [0.717, 1.165) is 31.9 Å². The van der Waals surface area contributed by atoms with E-state index in [-0.39, 0.29) is 0 Å². The summed E-state index contributed by atoms with van der Waals surface area (Å²) in [5.74, 6) is 1.04. The summed E-state index contributed by atoms with van der Waals surface area (Å²) in [5, 5.41) is 3.43. The molecule has 116 valence electrons. The molecular weight excluding hydrogens is 288 g/mol. The van der Waals surface area contributed by atoms with Crippen LogP contribution < -0.4 is 10.2 Å². The van der Waals surface area contributed by atoms with Gasteiger partial charge in [-0.1, -0.05) is 35.9 Å². The molecule has 2 nitrogen and oxygen atoms in total. The van der Waals surface area contributed by atoms with Crippen LogP contribution in [0.2, 0.25) is 0 Å². The van der Waals surface area contributed by atoms with Gasteiger partial charge >= 0.3 is 0 Å². The first-order valence-corrected chi connectivity index (χ1v) is 8.96. The number of benzene rings is 2. The minimum absolute atomic E-state index is 1.04. The molecule has 0 saturated carbocycles. The van der Waals surface area contributed by atoms with Crippen LogP contribution in [-0.2, 0) is 5.75 Å². The van der Waals surface area contributed by atoms with Gasteiger partial charge < -0.3 is 10.2 Å². The summed E-state index contributed by atoms with van der Waals surface area (Å²) in [6.07, 6.45) is 0. The molecule has 3 rings (SSSR count). The average molecular weight is 312 g/mol. The number of para-hydroxylation sites is 1. The highest BCUT2D eigenvalue weighted by molar-refractivity contribution is 7.98. The lowest BCUT2D eigenvalue weighted by Gasteiger charge is -2.31. The van der Waals surface area contributed by atoms with Crippen molar-refractivity contribution in [2.45, 2.75) is 24.5 Å². The maximum absolute atomic E-state index is 3.43. The summed E-state index contributed by atoms with van der Waals surface area (Å²) in [4.78, 5) is 3.89. The summed E-state index contributed by atoms with van der Waals surface area (Å²) in [5.41, 5.74) is 5.56. The number of hydrogen-bond acceptors (Lipinski definition) is 3. The molecular formula is C19H24N2S. The molecule has 0 atom stereocenters. The highest BCUT2D eigenvalue weighted by Gasteiger charge is 2.14. The molecule has 1 heterocycles. The Hall–Kier alpha value is -1.45. The number of piperazine rings is 1. The summed E-state index contributed by atoms with van der Waals surface area (Å²) in [6.45, 7) is 8.73. The first kappa shape index (κ1) is 15.4. The number of anilines is 1. The van der Waals surface area contributed by atoms with Crippen molar-refractivity contribution in [3.05, 3.63) is 59.2 Å². The van der Waals surface area contributed by atoms with Crippen molar-refractivity contribution < 1.29 is 0 Å². The van der Waals surface area contributed by atoms with Gasteiger partial charge in [-0.15, -0.1) is 11.8 Å². The Morgan fingerprint density at radius 3 is 2.59 bits per heavy atom. The minimum Gasteiger partial charge on any atom is -0.368 e. The van der Waals surface area contributed by atoms with E-state index in [1.54, 1.807) is 0 Å². The molecule has 1 saturated heterocycles. The van der Waals surface area contributed by atoms with Gasteiger partial charge in [-0.25, -0.2) is 0 Å². The predicted octanol–water partition coefficient (Wildman–Crippen LogP) is 4.01. The number of rotatable bonds is 4. The molecule has 3 heteroatoms. The standard InChI is InChI=1S/C19H24N2S/c1-15-7-8-17(16(2)13-15)14-22-19-6-4-3-5-18(19)21-11-9-20-10-12-21/h3-8,13,20H,9-12,14H2,1-2H3. The predicted molar refractivity (Wildman–Crippen MR) is 97.0 cm³/mol. The molecule has 1 aliphatic heterocycles. The van der Waals surface area contributed by atoms with Crippen LogP contribution in [-0.4, -0.2) is 26.2 Å². The first-order chi connectivity index (χ1) is 10.7. The second kappa shape index (κ2) is 7.21. The minimum atomic E-state index is 1.04. The second-order valence-electron chi connectivity index (χ2n) is 5.92. The van der Waals surface area contributed by atoms with Crippen LogP contribution >= 0.6 is 11.8 Å². The zero-order valence-corrected chi connectivity index (χ0v) is 14.2. The van der Waals surface area contributed by atoms with Gasteiger partial charge in [-0.2, -0.15) is 0 Å². The molecule has 0 spiro atoms. The van der Waals surface area contributed by atoms with Crippen LogP contribution in [0, 0.1) is 13.8 Å². The van der Waals surface area contributed by atoms with E-state index in [9.17, 15) is 0 Å². The fraction of sp³-hybridized carbons (Fsp3) is 0.368. The Morgan fingerprint density at radius 1 is 1.05 bits per heavy atom. The van der Waals surface area contributed by atoms with Crippen LogP contribution in [0.3, 0.4) is 0 Å². The summed E-state index contributed by atoms with van der Waals surface area (Å²) >= 11 is 1.95. The maximum Gasteiger partial charge on any atom is 0.0505 e. The van der Waals surface area contributed by atoms with E-state index in [2.05, 4.69) is 66.5 Å². The van der Waals surface area contributed by atoms with Crippen LogP contribution in [0.4, 0.5) is 5.69 Å². The third-order valence-electron chi connectivity index (χ3n) is 4.20. The SMILES string of the molecule is Cc1ccc(CSc2ccccc2N2CCNCC2)c(C)c1. The van der Waals surface area contributed by atoms with Crippen molar-refractivity contribution in [1.29, 1.82) is 0 Å². The quantitative estimate of drug-likeness (QED) is 0.859. The molecule has 0 amide bonds. The Kier molecular flexibility index (Phi) is 5.06. The fourth-order valence-corrected chi connectivity index (χ4v) is 4.06. The average Bonchev–Trinajstić information content (AvgIpc) is 2.55. The van der Waals surface area contributed by atoms with E-state index in [0.29, 0.717) is 0 Å². The lowest BCUT2D eigenvalue weighted by Crippen LogP contribution is -2.43. The number of nitrogens with one attached hydrogen (secondary N) is 1. The molecule has 0 aromatic heterocycles. The second-order valence-corrected chi connectivity index (χ2v) is 6.94. The normalized spacial score (nSPS) is 15.1. The van der Waals surface area contributed by atoms with Crippen LogP contribution in [0.1, 0.15) is 16.7 Å². The third kappa shape index (κ3) is 3.65.